The van der Waals surface area contributed by atoms with Crippen LogP contribution in [0.5, 0.6) is 0 Å². The minimum absolute atomic E-state index is 0.0658. The zero-order chi connectivity index (χ0) is 27.2. The second kappa shape index (κ2) is 7.44. The van der Waals surface area contributed by atoms with Gasteiger partial charge in [-0.05, 0) is 72.5 Å². The number of nitrogens with zero attached hydrogens (tertiary/aromatic N) is 1. The van der Waals surface area contributed by atoms with Crippen LogP contribution in [0.3, 0.4) is 0 Å². The highest BCUT2D eigenvalue weighted by Crippen LogP contribution is 2.33. The fourth-order valence-electron chi connectivity index (χ4n) is 3.30. The highest BCUT2D eigenvalue weighted by atomic mass is 14.7. The summed E-state index contributed by atoms with van der Waals surface area (Å²) in [6, 6.07) is 20.4. The zero-order valence-electron chi connectivity index (χ0n) is 24.5. The van der Waals surface area contributed by atoms with Crippen LogP contribution in [0.1, 0.15) is 34.6 Å². The summed E-state index contributed by atoms with van der Waals surface area (Å²) in [5.41, 5.74) is 3.32. The summed E-state index contributed by atoms with van der Waals surface area (Å²) in [7, 11) is 0. The number of aromatic nitrogens is 1. The second-order valence-corrected chi connectivity index (χ2v) is 6.79. The molecule has 4 rings (SSSR count). The predicted molar refractivity (Wildman–Crippen MR) is 119 cm³/mol. The van der Waals surface area contributed by atoms with Gasteiger partial charge in [0.1, 0.15) is 0 Å². The van der Waals surface area contributed by atoms with E-state index in [0.29, 0.717) is 16.8 Å². The van der Waals surface area contributed by atoms with Crippen LogP contribution < -0.4 is 0 Å². The summed E-state index contributed by atoms with van der Waals surface area (Å²) in [6.45, 7) is -5.74. The van der Waals surface area contributed by atoms with Crippen LogP contribution in [0.25, 0.3) is 33.5 Å². The number of aryl methyl sites for hydroxylation is 4. The van der Waals surface area contributed by atoms with Crippen LogP contribution in [0, 0.1) is 27.5 Å². The third-order valence-electron chi connectivity index (χ3n) is 4.77. The van der Waals surface area contributed by atoms with Crippen molar-refractivity contribution in [2.75, 3.05) is 0 Å². The van der Waals surface area contributed by atoms with E-state index >= 15 is 0 Å². The number of rotatable bonds is 3. The SMILES string of the molecule is [2H]C([2H])([2H])c1cc(C)ccc1-c1ccc(-c2cc(-c3ccccc3)ncc2C([2H])([2H])[2H])c(C([2H])([2H])[2H])c1. The van der Waals surface area contributed by atoms with E-state index in [0.717, 1.165) is 11.1 Å². The van der Waals surface area contributed by atoms with Gasteiger partial charge >= 0.3 is 0 Å². The van der Waals surface area contributed by atoms with E-state index in [1.54, 1.807) is 43.3 Å². The van der Waals surface area contributed by atoms with Crippen molar-refractivity contribution in [1.82, 2.24) is 4.98 Å². The van der Waals surface area contributed by atoms with E-state index in [1.807, 2.05) is 30.3 Å². The van der Waals surface area contributed by atoms with Crippen molar-refractivity contribution in [2.24, 2.45) is 0 Å². The van der Waals surface area contributed by atoms with Crippen LogP contribution in [-0.2, 0) is 0 Å². The molecule has 0 fully saturated rings. The molecule has 0 aliphatic heterocycles. The first-order chi connectivity index (χ1) is 17.2. The molecule has 0 spiro atoms. The van der Waals surface area contributed by atoms with Gasteiger partial charge in [-0.3, -0.25) is 4.98 Å². The van der Waals surface area contributed by atoms with E-state index in [2.05, 4.69) is 4.98 Å². The van der Waals surface area contributed by atoms with Gasteiger partial charge in [-0.25, -0.2) is 0 Å². The smallest absolute Gasteiger partial charge is 0.0708 e. The van der Waals surface area contributed by atoms with Crippen LogP contribution >= 0.6 is 0 Å². The van der Waals surface area contributed by atoms with E-state index < -0.39 is 20.6 Å². The Bertz CT molecular complexity index is 1430. The van der Waals surface area contributed by atoms with E-state index in [9.17, 15) is 0 Å². The molecule has 1 nitrogen and oxygen atoms in total. The van der Waals surface area contributed by atoms with Gasteiger partial charge in [0.25, 0.3) is 0 Å². The summed E-state index contributed by atoms with van der Waals surface area (Å²) >= 11 is 0. The number of hydrogen-bond donors (Lipinski definition) is 0. The molecule has 0 radical (unpaired) electrons. The molecule has 0 N–H and O–H groups in total. The van der Waals surface area contributed by atoms with Gasteiger partial charge in [0.15, 0.2) is 0 Å². The molecule has 0 amide bonds. The molecular formula is C27H25N. The number of hydrogen-bond acceptors (Lipinski definition) is 1. The molecule has 3 aromatic carbocycles. The molecule has 0 unspecified atom stereocenters. The van der Waals surface area contributed by atoms with Crippen LogP contribution in [0.2, 0.25) is 0 Å². The van der Waals surface area contributed by atoms with Crippen molar-refractivity contribution in [2.45, 2.75) is 27.5 Å². The summed E-state index contributed by atoms with van der Waals surface area (Å²) in [5, 5.41) is 0. The molecule has 1 aromatic heterocycles. The maximum Gasteiger partial charge on any atom is 0.0708 e. The molecular weight excluding hydrogens is 338 g/mol. The first-order valence-corrected chi connectivity index (χ1v) is 8.98. The summed E-state index contributed by atoms with van der Waals surface area (Å²) < 4.78 is 72.8. The largest absolute Gasteiger partial charge is 0.256 e. The molecule has 1 heteroatoms. The van der Waals surface area contributed by atoms with E-state index in [-0.39, 0.29) is 27.8 Å². The fourth-order valence-corrected chi connectivity index (χ4v) is 3.30. The molecule has 28 heavy (non-hydrogen) atoms. The molecule has 0 saturated carbocycles. The monoisotopic (exact) mass is 372 g/mol. The van der Waals surface area contributed by atoms with Crippen molar-refractivity contribution >= 4 is 0 Å². The van der Waals surface area contributed by atoms with Crippen molar-refractivity contribution < 1.29 is 12.3 Å². The maximum absolute atomic E-state index is 8.24. The lowest BCUT2D eigenvalue weighted by molar-refractivity contribution is 1.26. The number of benzene rings is 3. The average Bonchev–Trinajstić information content (AvgIpc) is 2.82. The zero-order valence-corrected chi connectivity index (χ0v) is 15.5. The quantitative estimate of drug-likeness (QED) is 0.367. The fraction of sp³-hybridized carbons (Fsp3) is 0.148. The van der Waals surface area contributed by atoms with Crippen molar-refractivity contribution in [1.29, 1.82) is 0 Å². The Balaban J connectivity index is 1.99. The summed E-state index contributed by atoms with van der Waals surface area (Å²) in [4.78, 5) is 4.34. The number of pyridine rings is 1. The molecule has 0 aliphatic rings. The van der Waals surface area contributed by atoms with Gasteiger partial charge in [0.2, 0.25) is 0 Å². The third kappa shape index (κ3) is 3.48. The van der Waals surface area contributed by atoms with E-state index in [1.165, 1.54) is 12.3 Å². The average molecular weight is 373 g/mol. The first-order valence-electron chi connectivity index (χ1n) is 13.5. The molecule has 0 saturated heterocycles. The topological polar surface area (TPSA) is 12.9 Å². The molecule has 0 bridgehead atoms. The predicted octanol–water partition coefficient (Wildman–Crippen LogP) is 7.32. The van der Waals surface area contributed by atoms with Gasteiger partial charge in [0, 0.05) is 24.1 Å². The summed E-state index contributed by atoms with van der Waals surface area (Å²) in [6.07, 6.45) is 1.27. The first kappa shape index (κ1) is 10.4. The minimum atomic E-state index is -2.60. The summed E-state index contributed by atoms with van der Waals surface area (Å²) in [5.74, 6) is 0. The molecule has 4 aromatic rings. The molecule has 0 aliphatic carbocycles. The second-order valence-electron chi connectivity index (χ2n) is 6.79. The lowest BCUT2D eigenvalue weighted by atomic mass is 9.91. The standard InChI is InChI=1S/C27H25N/c1-18-10-12-24(19(2)14-18)23-11-13-25(20(3)15-23)26-16-27(28-17-21(26)4)22-8-6-5-7-9-22/h5-17H,1-4H3/i2D3,3D3,4D3. The Hall–Kier alpha value is -3.19. The van der Waals surface area contributed by atoms with Crippen molar-refractivity contribution in [3.8, 4) is 33.5 Å². The highest BCUT2D eigenvalue weighted by molar-refractivity contribution is 5.78. The van der Waals surface area contributed by atoms with Crippen LogP contribution in [0.4, 0.5) is 0 Å². The maximum atomic E-state index is 8.24. The molecule has 0 atom stereocenters. The van der Waals surface area contributed by atoms with Crippen LogP contribution in [0.15, 0.2) is 79.0 Å². The molecule has 138 valence electrons. The van der Waals surface area contributed by atoms with Crippen molar-refractivity contribution in [3.63, 3.8) is 0 Å². The Kier molecular flexibility index (Phi) is 2.76. The van der Waals surface area contributed by atoms with Gasteiger partial charge in [-0.2, -0.15) is 0 Å². The third-order valence-corrected chi connectivity index (χ3v) is 4.77. The normalized spacial score (nSPS) is 17.0. The Labute approximate surface area is 180 Å². The highest BCUT2D eigenvalue weighted by Gasteiger charge is 2.11. The minimum Gasteiger partial charge on any atom is -0.256 e. The molecule has 1 heterocycles. The Morgan fingerprint density at radius 3 is 2.18 bits per heavy atom. The Morgan fingerprint density at radius 1 is 0.643 bits per heavy atom. The van der Waals surface area contributed by atoms with Gasteiger partial charge in [-0.1, -0.05) is 72.3 Å². The van der Waals surface area contributed by atoms with Gasteiger partial charge in [-0.15, -0.1) is 0 Å². The van der Waals surface area contributed by atoms with E-state index in [4.69, 9.17) is 12.3 Å². The lowest BCUT2D eigenvalue weighted by Gasteiger charge is -2.14. The van der Waals surface area contributed by atoms with Gasteiger partial charge < -0.3 is 0 Å². The van der Waals surface area contributed by atoms with Gasteiger partial charge in [0.05, 0.1) is 5.69 Å². The van der Waals surface area contributed by atoms with Crippen molar-refractivity contribution in [3.05, 3.63) is 101 Å². The Morgan fingerprint density at radius 2 is 1.39 bits per heavy atom. The van der Waals surface area contributed by atoms with Crippen LogP contribution in [-0.4, -0.2) is 4.98 Å². The lowest BCUT2D eigenvalue weighted by Crippen LogP contribution is -1.93.